The van der Waals surface area contributed by atoms with E-state index in [2.05, 4.69) is 63.1 Å². The van der Waals surface area contributed by atoms with Gasteiger partial charge in [-0.05, 0) is 122 Å². The van der Waals surface area contributed by atoms with Crippen LogP contribution in [0.15, 0.2) is 134 Å². The molecule has 2 aliphatic heterocycles. The number of pyridine rings is 2. The summed E-state index contributed by atoms with van der Waals surface area (Å²) in [5, 5.41) is 27.3. The summed E-state index contributed by atoms with van der Waals surface area (Å²) < 4.78 is 4.33. The minimum absolute atomic E-state index is 0.0924. The number of aliphatic hydroxyl groups is 2. The molecule has 13 heteroatoms. The largest absolute Gasteiger partial charge is 0.385 e. The highest BCUT2D eigenvalue weighted by atomic mass is 35.5. The maximum absolute atomic E-state index is 15.9. The lowest BCUT2D eigenvalue weighted by Gasteiger charge is -2.45. The van der Waals surface area contributed by atoms with E-state index >= 15 is 4.79 Å². The Morgan fingerprint density at radius 3 is 1.39 bits per heavy atom. The lowest BCUT2D eigenvalue weighted by molar-refractivity contribution is -0.135. The number of H-pyrrole nitrogens is 2. The SMILES string of the molecule is O=C(C(Cn1cccc1-c1cc2cccnc2[nH]1)N1CCC(O)(c2ccc(Cl)cc2)CC1)C(Cn1cccc1-c1cc2cccnc2[nH]1)N1CCC(O)(c2ccc(Cl)cc2)CC1. The molecule has 2 unspecified atom stereocenters. The number of ketones is 1. The van der Waals surface area contributed by atoms with Crippen LogP contribution in [0.25, 0.3) is 44.8 Å². The van der Waals surface area contributed by atoms with Crippen molar-refractivity contribution in [2.24, 2.45) is 0 Å². The van der Waals surface area contributed by atoms with Crippen molar-refractivity contribution in [3.05, 3.63) is 155 Å². The lowest BCUT2D eigenvalue weighted by Crippen LogP contribution is -2.58. The Hall–Kier alpha value is -5.53. The normalized spacial score (nSPS) is 18.0. The van der Waals surface area contributed by atoms with Gasteiger partial charge in [0.05, 0.1) is 46.1 Å². The summed E-state index contributed by atoms with van der Waals surface area (Å²) in [7, 11) is 0. The number of likely N-dealkylation sites (tertiary alicyclic amines) is 2. The molecule has 10 rings (SSSR count). The highest BCUT2D eigenvalue weighted by molar-refractivity contribution is 6.30. The first-order valence-electron chi connectivity index (χ1n) is 21.3. The van der Waals surface area contributed by atoms with Crippen molar-refractivity contribution in [1.29, 1.82) is 0 Å². The highest BCUT2D eigenvalue weighted by Crippen LogP contribution is 2.38. The van der Waals surface area contributed by atoms with Gasteiger partial charge < -0.3 is 29.3 Å². The number of halogens is 2. The van der Waals surface area contributed by atoms with Crippen LogP contribution in [0.5, 0.6) is 0 Å². The molecule has 316 valence electrons. The average molecular weight is 868 g/mol. The molecule has 0 bridgehead atoms. The fraction of sp³-hybridized carbons (Fsp3) is 0.286. The lowest BCUT2D eigenvalue weighted by atomic mass is 9.82. The van der Waals surface area contributed by atoms with Crippen molar-refractivity contribution in [2.45, 2.75) is 62.1 Å². The number of Topliss-reactive ketones (excluding diaryl/α,β-unsaturated/α-hetero) is 1. The number of benzene rings is 2. The van der Waals surface area contributed by atoms with Crippen LogP contribution in [0.4, 0.5) is 0 Å². The van der Waals surface area contributed by atoms with Crippen molar-refractivity contribution in [3.8, 4) is 22.8 Å². The minimum atomic E-state index is -1.04. The first-order valence-corrected chi connectivity index (χ1v) is 22.1. The Morgan fingerprint density at radius 2 is 1.00 bits per heavy atom. The molecule has 62 heavy (non-hydrogen) atoms. The Balaban J connectivity index is 1.01. The number of rotatable bonds is 12. The van der Waals surface area contributed by atoms with Crippen LogP contribution in [0, 0.1) is 0 Å². The number of piperidine rings is 2. The predicted molar refractivity (Wildman–Crippen MR) is 244 cm³/mol. The molecule has 2 aromatic carbocycles. The topological polar surface area (TPSA) is 131 Å². The maximum Gasteiger partial charge on any atom is 0.170 e. The van der Waals surface area contributed by atoms with Crippen LogP contribution in [-0.4, -0.2) is 93.1 Å². The average Bonchev–Trinajstić information content (AvgIpc) is 4.12. The standard InChI is InChI=1S/C49H48Cl2N8O3/c50-37-13-9-35(10-14-37)48(61)17-25-56(26-18-48)43(31-58-23-3-7-41(58)39-29-33-5-1-21-52-46(33)54-39)45(60)44(57-27-19-49(62,20-28-57)36-11-15-38(51)16-12-36)32-59-24-4-8-42(59)40-30-34-6-2-22-53-47(34)55-40/h1-16,21-24,29-30,43-44,61-62H,17-20,25-28,31-32H2,(H,52,54)(H,53,55). The molecule has 0 spiro atoms. The zero-order chi connectivity index (χ0) is 42.4. The van der Waals surface area contributed by atoms with E-state index in [-0.39, 0.29) is 5.78 Å². The van der Waals surface area contributed by atoms with Crippen molar-refractivity contribution in [2.75, 3.05) is 26.2 Å². The predicted octanol–water partition coefficient (Wildman–Crippen LogP) is 8.66. The molecule has 2 aliphatic rings. The smallest absolute Gasteiger partial charge is 0.170 e. The number of aromatic nitrogens is 6. The Kier molecular flexibility index (Phi) is 10.9. The minimum Gasteiger partial charge on any atom is -0.385 e. The number of carbonyl (C=O) groups excluding carboxylic acids is 1. The van der Waals surface area contributed by atoms with E-state index in [0.717, 1.165) is 56.0 Å². The highest BCUT2D eigenvalue weighted by Gasteiger charge is 2.43. The molecule has 6 aromatic heterocycles. The van der Waals surface area contributed by atoms with Gasteiger partial charge in [-0.3, -0.25) is 14.6 Å². The van der Waals surface area contributed by atoms with Crippen molar-refractivity contribution in [1.82, 2.24) is 38.9 Å². The first-order chi connectivity index (χ1) is 30.1. The van der Waals surface area contributed by atoms with Crippen LogP contribution < -0.4 is 0 Å². The fourth-order valence-corrected chi connectivity index (χ4v) is 9.95. The maximum atomic E-state index is 15.9. The fourth-order valence-electron chi connectivity index (χ4n) is 9.70. The molecule has 2 fully saturated rings. The summed E-state index contributed by atoms with van der Waals surface area (Å²) in [4.78, 5) is 36.5. The van der Waals surface area contributed by atoms with E-state index < -0.39 is 23.3 Å². The first kappa shape index (κ1) is 40.5. The van der Waals surface area contributed by atoms with Gasteiger partial charge in [0.2, 0.25) is 0 Å². The third-order valence-electron chi connectivity index (χ3n) is 13.3. The molecule has 2 atom stereocenters. The summed E-state index contributed by atoms with van der Waals surface area (Å²) in [6.07, 6.45) is 9.48. The zero-order valence-corrected chi connectivity index (χ0v) is 35.7. The van der Waals surface area contributed by atoms with E-state index in [1.807, 2.05) is 97.3 Å². The van der Waals surface area contributed by atoms with Gasteiger partial charge in [0, 0.05) is 84.9 Å². The molecule has 4 N–H and O–H groups in total. The van der Waals surface area contributed by atoms with Gasteiger partial charge in [-0.2, -0.15) is 0 Å². The van der Waals surface area contributed by atoms with Gasteiger partial charge in [0.1, 0.15) is 11.3 Å². The molecule has 0 radical (unpaired) electrons. The van der Waals surface area contributed by atoms with E-state index in [0.29, 0.717) is 75.0 Å². The van der Waals surface area contributed by atoms with Gasteiger partial charge in [-0.15, -0.1) is 0 Å². The van der Waals surface area contributed by atoms with Gasteiger partial charge in [0.25, 0.3) is 0 Å². The van der Waals surface area contributed by atoms with Crippen LogP contribution in [0.1, 0.15) is 36.8 Å². The number of hydrogen-bond donors (Lipinski definition) is 4. The molecule has 11 nitrogen and oxygen atoms in total. The molecule has 0 amide bonds. The Morgan fingerprint density at radius 1 is 0.597 bits per heavy atom. The second-order valence-electron chi connectivity index (χ2n) is 16.9. The van der Waals surface area contributed by atoms with Crippen LogP contribution >= 0.6 is 23.2 Å². The monoisotopic (exact) mass is 866 g/mol. The second kappa shape index (κ2) is 16.6. The molecule has 8 heterocycles. The van der Waals surface area contributed by atoms with E-state index in [1.54, 1.807) is 12.4 Å². The third kappa shape index (κ3) is 7.89. The van der Waals surface area contributed by atoms with Crippen LogP contribution in [-0.2, 0) is 29.1 Å². The molecular weight excluding hydrogens is 819 g/mol. The van der Waals surface area contributed by atoms with Crippen molar-refractivity contribution >= 4 is 51.1 Å². The summed E-state index contributed by atoms with van der Waals surface area (Å²) in [6, 6.07) is 34.1. The van der Waals surface area contributed by atoms with E-state index in [9.17, 15) is 10.2 Å². The summed E-state index contributed by atoms with van der Waals surface area (Å²) in [5.41, 5.74) is 4.93. The van der Waals surface area contributed by atoms with Gasteiger partial charge in [-0.1, -0.05) is 47.5 Å². The number of nitrogens with zero attached hydrogens (tertiary/aromatic N) is 6. The molecule has 8 aromatic rings. The van der Waals surface area contributed by atoms with E-state index in [4.69, 9.17) is 23.2 Å². The van der Waals surface area contributed by atoms with Gasteiger partial charge >= 0.3 is 0 Å². The van der Waals surface area contributed by atoms with Gasteiger partial charge in [-0.25, -0.2) is 9.97 Å². The van der Waals surface area contributed by atoms with E-state index in [1.165, 1.54) is 0 Å². The summed E-state index contributed by atoms with van der Waals surface area (Å²) >= 11 is 12.5. The van der Waals surface area contributed by atoms with Crippen LogP contribution in [0.3, 0.4) is 0 Å². The quantitative estimate of drug-likeness (QED) is 0.0968. The van der Waals surface area contributed by atoms with Crippen molar-refractivity contribution < 1.29 is 15.0 Å². The number of nitrogens with one attached hydrogen (secondary N) is 2. The van der Waals surface area contributed by atoms with Crippen LogP contribution in [0.2, 0.25) is 10.0 Å². The number of aromatic amines is 2. The summed E-state index contributed by atoms with van der Waals surface area (Å²) in [5.74, 6) is 0.0924. The Bertz CT molecular complexity index is 2570. The zero-order valence-electron chi connectivity index (χ0n) is 34.2. The summed E-state index contributed by atoms with van der Waals surface area (Å²) in [6.45, 7) is 2.86. The number of fused-ring (bicyclic) bond motifs is 2. The van der Waals surface area contributed by atoms with Crippen molar-refractivity contribution in [3.63, 3.8) is 0 Å². The van der Waals surface area contributed by atoms with Gasteiger partial charge in [0.15, 0.2) is 5.78 Å². The number of carbonyl (C=O) groups is 1. The molecule has 0 saturated carbocycles. The third-order valence-corrected chi connectivity index (χ3v) is 13.8. The molecule has 0 aliphatic carbocycles. The number of hydrogen-bond acceptors (Lipinski definition) is 7. The Labute approximate surface area is 369 Å². The second-order valence-corrected chi connectivity index (χ2v) is 17.8. The molecular formula is C49H48Cl2N8O3. The molecule has 2 saturated heterocycles.